The van der Waals surface area contributed by atoms with Gasteiger partial charge >= 0.3 is 0 Å². The predicted octanol–water partition coefficient (Wildman–Crippen LogP) is 1.95. The molecule has 0 amide bonds. The highest BCUT2D eigenvalue weighted by Crippen LogP contribution is 2.13. The Hall–Kier alpha value is -0.710. The quantitative estimate of drug-likeness (QED) is 0.886. The van der Waals surface area contributed by atoms with Gasteiger partial charge in [0.1, 0.15) is 5.15 Å². The van der Waals surface area contributed by atoms with E-state index in [9.17, 15) is 0 Å². The van der Waals surface area contributed by atoms with Crippen molar-refractivity contribution in [2.75, 3.05) is 26.2 Å². The molecule has 4 nitrogen and oxygen atoms in total. The summed E-state index contributed by atoms with van der Waals surface area (Å²) in [5.74, 6) is 0.763. The summed E-state index contributed by atoms with van der Waals surface area (Å²) in [6.45, 7) is 7.54. The molecule has 0 bridgehead atoms. The molecule has 1 N–H and O–H groups in total. The summed E-state index contributed by atoms with van der Waals surface area (Å²) in [5, 5.41) is 3.92. The molecule has 2 rings (SSSR count). The fourth-order valence-electron chi connectivity index (χ4n) is 2.40. The first-order valence-corrected chi connectivity index (χ1v) is 7.05. The lowest BCUT2D eigenvalue weighted by molar-refractivity contribution is 0.207. The van der Waals surface area contributed by atoms with Crippen LogP contribution in [0.2, 0.25) is 5.15 Å². The van der Waals surface area contributed by atoms with Crippen molar-refractivity contribution in [2.45, 2.75) is 26.3 Å². The van der Waals surface area contributed by atoms with Gasteiger partial charge in [-0.3, -0.25) is 9.88 Å². The second-order valence-corrected chi connectivity index (χ2v) is 5.26. The Morgan fingerprint density at radius 1 is 1.44 bits per heavy atom. The average molecular weight is 269 g/mol. The van der Waals surface area contributed by atoms with Crippen LogP contribution in [-0.2, 0) is 6.54 Å². The molecule has 1 saturated heterocycles. The van der Waals surface area contributed by atoms with Crippen LogP contribution in [0.3, 0.4) is 0 Å². The molecule has 100 valence electrons. The van der Waals surface area contributed by atoms with Crippen molar-refractivity contribution in [2.24, 2.45) is 5.92 Å². The van der Waals surface area contributed by atoms with E-state index in [0.29, 0.717) is 5.15 Å². The standard InChI is InChI=1S/C13H21ClN4/c1-2-18(9-11-4-3-5-15-6-11)10-12-7-17-13(14)8-16-12/h7-8,11,15H,2-6,9-10H2,1H3. The molecule has 1 atom stereocenters. The van der Waals surface area contributed by atoms with Gasteiger partial charge in [0.2, 0.25) is 0 Å². The molecule has 0 spiro atoms. The summed E-state index contributed by atoms with van der Waals surface area (Å²) in [5.41, 5.74) is 0.991. The smallest absolute Gasteiger partial charge is 0.147 e. The third-order valence-corrected chi connectivity index (χ3v) is 3.62. The molecule has 0 aromatic carbocycles. The van der Waals surface area contributed by atoms with E-state index in [1.54, 1.807) is 12.4 Å². The van der Waals surface area contributed by atoms with E-state index in [1.165, 1.54) is 19.4 Å². The first-order valence-electron chi connectivity index (χ1n) is 6.67. The number of aromatic nitrogens is 2. The fraction of sp³-hybridized carbons (Fsp3) is 0.692. The molecular formula is C13H21ClN4. The molecule has 1 unspecified atom stereocenters. The van der Waals surface area contributed by atoms with Crippen LogP contribution < -0.4 is 5.32 Å². The van der Waals surface area contributed by atoms with Gasteiger partial charge in [-0.25, -0.2) is 4.98 Å². The summed E-state index contributed by atoms with van der Waals surface area (Å²) < 4.78 is 0. The van der Waals surface area contributed by atoms with Crippen LogP contribution >= 0.6 is 11.6 Å². The monoisotopic (exact) mass is 268 g/mol. The maximum atomic E-state index is 5.74. The molecule has 0 saturated carbocycles. The minimum Gasteiger partial charge on any atom is -0.316 e. The number of nitrogens with one attached hydrogen (secondary N) is 1. The molecule has 1 aliphatic rings. The van der Waals surface area contributed by atoms with Crippen LogP contribution in [0.1, 0.15) is 25.5 Å². The van der Waals surface area contributed by atoms with Crippen LogP contribution in [0, 0.1) is 5.92 Å². The normalized spacial score (nSPS) is 20.3. The van der Waals surface area contributed by atoms with E-state index in [4.69, 9.17) is 11.6 Å². The maximum Gasteiger partial charge on any atom is 0.147 e. The highest BCUT2D eigenvalue weighted by Gasteiger charge is 2.16. The maximum absolute atomic E-state index is 5.74. The Balaban J connectivity index is 1.86. The Labute approximate surface area is 114 Å². The molecule has 1 fully saturated rings. The van der Waals surface area contributed by atoms with Gasteiger partial charge in [-0.05, 0) is 38.4 Å². The van der Waals surface area contributed by atoms with E-state index in [0.717, 1.165) is 37.8 Å². The van der Waals surface area contributed by atoms with E-state index in [-0.39, 0.29) is 0 Å². The van der Waals surface area contributed by atoms with Gasteiger partial charge in [-0.2, -0.15) is 0 Å². The summed E-state index contributed by atoms with van der Waals surface area (Å²) in [6.07, 6.45) is 6.01. The van der Waals surface area contributed by atoms with Gasteiger partial charge < -0.3 is 5.32 Å². The highest BCUT2D eigenvalue weighted by atomic mass is 35.5. The molecule has 0 radical (unpaired) electrons. The second kappa shape index (κ2) is 7.02. The van der Waals surface area contributed by atoms with Crippen molar-refractivity contribution in [3.05, 3.63) is 23.2 Å². The third-order valence-electron chi connectivity index (χ3n) is 3.42. The molecule has 2 heterocycles. The Morgan fingerprint density at radius 3 is 2.94 bits per heavy atom. The predicted molar refractivity (Wildman–Crippen MR) is 73.6 cm³/mol. The van der Waals surface area contributed by atoms with E-state index in [2.05, 4.69) is 27.1 Å². The topological polar surface area (TPSA) is 41.1 Å². The SMILES string of the molecule is CCN(Cc1cnc(Cl)cn1)CC1CCCNC1. The lowest BCUT2D eigenvalue weighted by atomic mass is 9.99. The summed E-state index contributed by atoms with van der Waals surface area (Å²) >= 11 is 5.74. The Morgan fingerprint density at radius 2 is 2.33 bits per heavy atom. The minimum atomic E-state index is 0.457. The third kappa shape index (κ3) is 4.19. The molecule has 0 aliphatic carbocycles. The fourth-order valence-corrected chi connectivity index (χ4v) is 2.50. The van der Waals surface area contributed by atoms with Crippen molar-refractivity contribution in [1.29, 1.82) is 0 Å². The van der Waals surface area contributed by atoms with E-state index < -0.39 is 0 Å². The molecule has 1 aromatic heterocycles. The summed E-state index contributed by atoms with van der Waals surface area (Å²) in [7, 11) is 0. The van der Waals surface area contributed by atoms with Gasteiger partial charge in [-0.1, -0.05) is 18.5 Å². The zero-order valence-electron chi connectivity index (χ0n) is 10.9. The van der Waals surface area contributed by atoms with Gasteiger partial charge in [0.25, 0.3) is 0 Å². The van der Waals surface area contributed by atoms with Crippen molar-refractivity contribution >= 4 is 11.6 Å². The lowest BCUT2D eigenvalue weighted by Gasteiger charge is -2.29. The van der Waals surface area contributed by atoms with Crippen LogP contribution in [0.25, 0.3) is 0 Å². The molecular weight excluding hydrogens is 248 g/mol. The first-order chi connectivity index (χ1) is 8.78. The number of piperidine rings is 1. The van der Waals surface area contributed by atoms with Crippen LogP contribution in [0.4, 0.5) is 0 Å². The van der Waals surface area contributed by atoms with Crippen molar-refractivity contribution < 1.29 is 0 Å². The van der Waals surface area contributed by atoms with Gasteiger partial charge in [0, 0.05) is 13.1 Å². The number of hydrogen-bond acceptors (Lipinski definition) is 4. The lowest BCUT2D eigenvalue weighted by Crippen LogP contribution is -2.38. The Bertz CT molecular complexity index is 349. The average Bonchev–Trinajstić information content (AvgIpc) is 2.41. The van der Waals surface area contributed by atoms with Gasteiger partial charge in [0.15, 0.2) is 0 Å². The van der Waals surface area contributed by atoms with Gasteiger partial charge in [0.05, 0.1) is 18.1 Å². The number of nitrogens with zero attached hydrogens (tertiary/aromatic N) is 3. The minimum absolute atomic E-state index is 0.457. The van der Waals surface area contributed by atoms with Crippen molar-refractivity contribution in [3.8, 4) is 0 Å². The van der Waals surface area contributed by atoms with Crippen molar-refractivity contribution in [1.82, 2.24) is 20.2 Å². The highest BCUT2D eigenvalue weighted by molar-refractivity contribution is 6.29. The zero-order chi connectivity index (χ0) is 12.8. The van der Waals surface area contributed by atoms with E-state index in [1.807, 2.05) is 0 Å². The molecule has 1 aliphatic heterocycles. The summed E-state index contributed by atoms with van der Waals surface area (Å²) in [6, 6.07) is 0. The van der Waals surface area contributed by atoms with Crippen LogP contribution in [0.5, 0.6) is 0 Å². The van der Waals surface area contributed by atoms with Crippen molar-refractivity contribution in [3.63, 3.8) is 0 Å². The Kier molecular flexibility index (Phi) is 5.35. The number of hydrogen-bond donors (Lipinski definition) is 1. The first kappa shape index (κ1) is 13.7. The van der Waals surface area contributed by atoms with Gasteiger partial charge in [-0.15, -0.1) is 0 Å². The number of rotatable bonds is 5. The number of halogens is 1. The summed E-state index contributed by atoms with van der Waals surface area (Å²) in [4.78, 5) is 10.8. The molecule has 5 heteroatoms. The van der Waals surface area contributed by atoms with Crippen LogP contribution in [0.15, 0.2) is 12.4 Å². The second-order valence-electron chi connectivity index (χ2n) is 4.87. The molecule has 18 heavy (non-hydrogen) atoms. The largest absolute Gasteiger partial charge is 0.316 e. The molecule has 1 aromatic rings. The van der Waals surface area contributed by atoms with Crippen LogP contribution in [-0.4, -0.2) is 41.0 Å². The zero-order valence-corrected chi connectivity index (χ0v) is 11.7. The van der Waals surface area contributed by atoms with E-state index >= 15 is 0 Å².